The highest BCUT2D eigenvalue weighted by molar-refractivity contribution is 7.13. The summed E-state index contributed by atoms with van der Waals surface area (Å²) in [5.41, 5.74) is 1.80. The topological polar surface area (TPSA) is 55.3 Å². The predicted octanol–water partition coefficient (Wildman–Crippen LogP) is 2.20. The number of rotatable bonds is 6. The summed E-state index contributed by atoms with van der Waals surface area (Å²) >= 11 is 1.56. The maximum Gasteiger partial charge on any atom is 0.320 e. The minimum atomic E-state index is -0.213. The molecule has 5 nitrogen and oxygen atoms in total. The van der Waals surface area contributed by atoms with Crippen LogP contribution < -0.4 is 0 Å². The second-order valence-corrected chi connectivity index (χ2v) is 5.19. The van der Waals surface area contributed by atoms with Gasteiger partial charge in [-0.25, -0.2) is 4.98 Å². The second kappa shape index (κ2) is 7.12. The van der Waals surface area contributed by atoms with Gasteiger partial charge in [-0.15, -0.1) is 11.3 Å². The lowest BCUT2D eigenvalue weighted by Crippen LogP contribution is -2.27. The van der Waals surface area contributed by atoms with Crippen LogP contribution in [0.3, 0.4) is 0 Å². The monoisotopic (exact) mass is 291 g/mol. The van der Waals surface area contributed by atoms with E-state index in [0.717, 1.165) is 16.4 Å². The fourth-order valence-electron chi connectivity index (χ4n) is 1.75. The molecule has 0 bridgehead atoms. The number of likely N-dealkylation sites (N-methyl/N-ethyl adjacent to an activating group) is 1. The quantitative estimate of drug-likeness (QED) is 0.764. The molecule has 0 aliphatic heterocycles. The van der Waals surface area contributed by atoms with Gasteiger partial charge in [-0.3, -0.25) is 14.7 Å². The number of hydrogen-bond acceptors (Lipinski definition) is 6. The highest BCUT2D eigenvalue weighted by Crippen LogP contribution is 2.21. The van der Waals surface area contributed by atoms with E-state index in [4.69, 9.17) is 4.74 Å². The number of ether oxygens (including phenoxy) is 1. The molecule has 0 amide bonds. The number of thiazole rings is 1. The van der Waals surface area contributed by atoms with Crippen molar-refractivity contribution >= 4 is 17.3 Å². The Morgan fingerprint density at radius 2 is 2.30 bits per heavy atom. The van der Waals surface area contributed by atoms with Gasteiger partial charge in [-0.2, -0.15) is 0 Å². The van der Waals surface area contributed by atoms with Crippen LogP contribution in [0.5, 0.6) is 0 Å². The number of carbonyl (C=O) groups is 1. The lowest BCUT2D eigenvalue weighted by atomic mass is 10.3. The van der Waals surface area contributed by atoms with E-state index in [2.05, 4.69) is 9.97 Å². The van der Waals surface area contributed by atoms with Crippen molar-refractivity contribution in [1.82, 2.24) is 14.9 Å². The molecule has 106 valence electrons. The van der Waals surface area contributed by atoms with Gasteiger partial charge in [0.05, 0.1) is 24.5 Å². The van der Waals surface area contributed by atoms with Crippen molar-refractivity contribution in [2.45, 2.75) is 13.5 Å². The largest absolute Gasteiger partial charge is 0.465 e. The van der Waals surface area contributed by atoms with Crippen LogP contribution in [0.2, 0.25) is 0 Å². The van der Waals surface area contributed by atoms with Crippen LogP contribution in [0, 0.1) is 0 Å². The van der Waals surface area contributed by atoms with E-state index in [1.807, 2.05) is 35.5 Å². The molecule has 0 saturated carbocycles. The zero-order valence-corrected chi connectivity index (χ0v) is 12.4. The standard InChI is InChI=1S/C14H17N3O2S/c1-3-19-13(18)9-17(2)8-11-10-20-14(16-11)12-6-4-5-7-15-12/h4-7,10H,3,8-9H2,1-2H3. The summed E-state index contributed by atoms with van der Waals surface area (Å²) < 4.78 is 4.92. The molecule has 0 aromatic carbocycles. The number of carbonyl (C=O) groups excluding carboxylic acids is 1. The molecule has 2 heterocycles. The van der Waals surface area contributed by atoms with Crippen LogP contribution in [0.1, 0.15) is 12.6 Å². The summed E-state index contributed by atoms with van der Waals surface area (Å²) in [6.07, 6.45) is 1.75. The lowest BCUT2D eigenvalue weighted by molar-refractivity contribution is -0.144. The molecule has 2 rings (SSSR count). The third-order valence-corrected chi connectivity index (χ3v) is 3.49. The Hall–Kier alpha value is -1.79. The molecule has 0 aliphatic rings. The second-order valence-electron chi connectivity index (χ2n) is 4.34. The first-order valence-corrected chi connectivity index (χ1v) is 7.27. The lowest BCUT2D eigenvalue weighted by Gasteiger charge is -2.13. The molecule has 0 spiro atoms. The molecule has 0 aliphatic carbocycles. The average molecular weight is 291 g/mol. The van der Waals surface area contributed by atoms with E-state index in [9.17, 15) is 4.79 Å². The van der Waals surface area contributed by atoms with Gasteiger partial charge in [0.25, 0.3) is 0 Å². The fourth-order valence-corrected chi connectivity index (χ4v) is 2.53. The molecule has 6 heteroatoms. The van der Waals surface area contributed by atoms with Crippen LogP contribution >= 0.6 is 11.3 Å². The van der Waals surface area contributed by atoms with Gasteiger partial charge in [-0.05, 0) is 26.1 Å². The van der Waals surface area contributed by atoms with Crippen molar-refractivity contribution in [3.8, 4) is 10.7 Å². The average Bonchev–Trinajstić information content (AvgIpc) is 2.88. The Morgan fingerprint density at radius 1 is 1.45 bits per heavy atom. The smallest absolute Gasteiger partial charge is 0.320 e. The van der Waals surface area contributed by atoms with Crippen molar-refractivity contribution in [1.29, 1.82) is 0 Å². The molecule has 2 aromatic heterocycles. The fraction of sp³-hybridized carbons (Fsp3) is 0.357. The first-order valence-electron chi connectivity index (χ1n) is 6.39. The molecule has 0 radical (unpaired) electrons. The molecule has 0 N–H and O–H groups in total. The summed E-state index contributed by atoms with van der Waals surface area (Å²) in [7, 11) is 1.87. The van der Waals surface area contributed by atoms with Crippen LogP contribution in [0.4, 0.5) is 0 Å². The van der Waals surface area contributed by atoms with Gasteiger partial charge in [0.15, 0.2) is 0 Å². The van der Waals surface area contributed by atoms with E-state index in [-0.39, 0.29) is 12.5 Å². The normalized spacial score (nSPS) is 10.8. The first kappa shape index (κ1) is 14.6. The maximum absolute atomic E-state index is 11.4. The Labute approximate surface area is 122 Å². The van der Waals surface area contributed by atoms with Crippen LogP contribution in [0.15, 0.2) is 29.8 Å². The van der Waals surface area contributed by atoms with Crippen LogP contribution in [0.25, 0.3) is 10.7 Å². The third-order valence-electron chi connectivity index (χ3n) is 2.57. The molecular formula is C14H17N3O2S. The Bertz CT molecular complexity index is 557. The predicted molar refractivity (Wildman–Crippen MR) is 78.3 cm³/mol. The van der Waals surface area contributed by atoms with Crippen molar-refractivity contribution in [3.63, 3.8) is 0 Å². The molecule has 20 heavy (non-hydrogen) atoms. The van der Waals surface area contributed by atoms with Gasteiger partial charge >= 0.3 is 5.97 Å². The molecule has 0 saturated heterocycles. The first-order chi connectivity index (χ1) is 9.69. The minimum Gasteiger partial charge on any atom is -0.465 e. The SMILES string of the molecule is CCOC(=O)CN(C)Cc1csc(-c2ccccn2)n1. The van der Waals surface area contributed by atoms with Gasteiger partial charge in [0.2, 0.25) is 0 Å². The summed E-state index contributed by atoms with van der Waals surface area (Å²) in [5.74, 6) is -0.213. The van der Waals surface area contributed by atoms with Gasteiger partial charge in [-0.1, -0.05) is 6.07 Å². The van der Waals surface area contributed by atoms with E-state index in [1.54, 1.807) is 24.5 Å². The maximum atomic E-state index is 11.4. The van der Waals surface area contributed by atoms with Gasteiger partial charge in [0.1, 0.15) is 5.01 Å². The van der Waals surface area contributed by atoms with Crippen LogP contribution in [-0.2, 0) is 16.1 Å². The van der Waals surface area contributed by atoms with Crippen molar-refractivity contribution < 1.29 is 9.53 Å². The van der Waals surface area contributed by atoms with Gasteiger partial charge < -0.3 is 4.74 Å². The Kier molecular flexibility index (Phi) is 5.20. The summed E-state index contributed by atoms with van der Waals surface area (Å²) in [6, 6.07) is 5.76. The number of hydrogen-bond donors (Lipinski definition) is 0. The number of esters is 1. The van der Waals surface area contributed by atoms with Crippen LogP contribution in [-0.4, -0.2) is 41.0 Å². The number of nitrogens with zero attached hydrogens (tertiary/aromatic N) is 3. The molecule has 0 atom stereocenters. The zero-order chi connectivity index (χ0) is 14.4. The summed E-state index contributed by atoms with van der Waals surface area (Å²) in [6.45, 7) is 3.09. The van der Waals surface area contributed by atoms with Crippen molar-refractivity contribution in [2.75, 3.05) is 20.2 Å². The number of aromatic nitrogens is 2. The zero-order valence-electron chi connectivity index (χ0n) is 11.6. The Balaban J connectivity index is 1.94. The molecule has 2 aromatic rings. The highest BCUT2D eigenvalue weighted by atomic mass is 32.1. The molecule has 0 unspecified atom stereocenters. The van der Waals surface area contributed by atoms with Crippen molar-refractivity contribution in [2.24, 2.45) is 0 Å². The van der Waals surface area contributed by atoms with E-state index >= 15 is 0 Å². The van der Waals surface area contributed by atoms with E-state index in [0.29, 0.717) is 13.2 Å². The Morgan fingerprint density at radius 3 is 3.00 bits per heavy atom. The van der Waals surface area contributed by atoms with Crippen molar-refractivity contribution in [3.05, 3.63) is 35.5 Å². The van der Waals surface area contributed by atoms with E-state index < -0.39 is 0 Å². The van der Waals surface area contributed by atoms with E-state index in [1.165, 1.54) is 0 Å². The molecular weight excluding hydrogens is 274 g/mol. The highest BCUT2D eigenvalue weighted by Gasteiger charge is 2.11. The molecule has 0 fully saturated rings. The summed E-state index contributed by atoms with van der Waals surface area (Å²) in [5, 5.41) is 2.89. The number of pyridine rings is 1. The van der Waals surface area contributed by atoms with Gasteiger partial charge in [0, 0.05) is 18.1 Å². The third kappa shape index (κ3) is 4.11. The minimum absolute atomic E-state index is 0.213. The summed E-state index contributed by atoms with van der Waals surface area (Å²) in [4.78, 5) is 22.1.